The molecule has 0 aliphatic carbocycles. The molecule has 3 N–H and O–H groups in total. The highest BCUT2D eigenvalue weighted by atomic mass is 35.5. The van der Waals surface area contributed by atoms with E-state index in [0.29, 0.717) is 10.7 Å². The second kappa shape index (κ2) is 8.83. The number of anilines is 2. The van der Waals surface area contributed by atoms with E-state index in [0.717, 1.165) is 31.9 Å². The van der Waals surface area contributed by atoms with Gasteiger partial charge in [-0.25, -0.2) is 4.39 Å². The van der Waals surface area contributed by atoms with Gasteiger partial charge in [0.15, 0.2) is 0 Å². The summed E-state index contributed by atoms with van der Waals surface area (Å²) < 4.78 is 13.6. The molecule has 2 aromatic carbocycles. The van der Waals surface area contributed by atoms with E-state index in [-0.39, 0.29) is 12.1 Å². The Hall–Kier alpha value is -2.64. The van der Waals surface area contributed by atoms with E-state index in [1.165, 1.54) is 18.2 Å². The molecule has 6 nitrogen and oxygen atoms in total. The van der Waals surface area contributed by atoms with Gasteiger partial charge >= 0.3 is 0 Å². The second-order valence-electron chi connectivity index (χ2n) is 6.11. The quantitative estimate of drug-likeness (QED) is 0.732. The lowest BCUT2D eigenvalue weighted by Gasteiger charge is -2.31. The number of piperazine rings is 1. The lowest BCUT2D eigenvalue weighted by atomic mass is 10.2. The number of carbonyl (C=O) groups is 2. The fraction of sp³-hybridized carbons (Fsp3) is 0.263. The maximum atomic E-state index is 13.6. The normalized spacial score (nSPS) is 13.9. The van der Waals surface area contributed by atoms with Crippen molar-refractivity contribution in [3.05, 3.63) is 58.9 Å². The Bertz CT molecular complexity index is 840. The van der Waals surface area contributed by atoms with Crippen molar-refractivity contribution in [2.45, 2.75) is 0 Å². The van der Waals surface area contributed by atoms with Gasteiger partial charge < -0.3 is 20.9 Å². The van der Waals surface area contributed by atoms with Crippen molar-refractivity contribution in [3.8, 4) is 0 Å². The van der Waals surface area contributed by atoms with Crippen LogP contribution in [0.5, 0.6) is 0 Å². The SMILES string of the molecule is O=C(CNC(=O)c1ccccc1F)Nc1cc(Cl)ccc1N1CCNCC1. The molecule has 0 radical (unpaired) electrons. The van der Waals surface area contributed by atoms with Crippen LogP contribution in [0.25, 0.3) is 0 Å². The van der Waals surface area contributed by atoms with E-state index < -0.39 is 17.6 Å². The Morgan fingerprint density at radius 1 is 1.15 bits per heavy atom. The van der Waals surface area contributed by atoms with Crippen LogP contribution in [0.3, 0.4) is 0 Å². The van der Waals surface area contributed by atoms with Gasteiger partial charge in [-0.3, -0.25) is 9.59 Å². The van der Waals surface area contributed by atoms with E-state index in [9.17, 15) is 14.0 Å². The maximum absolute atomic E-state index is 13.6. The van der Waals surface area contributed by atoms with Crippen LogP contribution in [0.15, 0.2) is 42.5 Å². The van der Waals surface area contributed by atoms with Crippen LogP contribution in [-0.2, 0) is 4.79 Å². The molecule has 142 valence electrons. The number of hydrogen-bond donors (Lipinski definition) is 3. The summed E-state index contributed by atoms with van der Waals surface area (Å²) in [5, 5.41) is 8.98. The smallest absolute Gasteiger partial charge is 0.254 e. The number of nitrogens with one attached hydrogen (secondary N) is 3. The summed E-state index contributed by atoms with van der Waals surface area (Å²) in [7, 11) is 0. The molecule has 8 heteroatoms. The van der Waals surface area contributed by atoms with Crippen LogP contribution in [0, 0.1) is 5.82 Å². The summed E-state index contributed by atoms with van der Waals surface area (Å²) in [5.74, 6) is -1.69. The zero-order chi connectivity index (χ0) is 19.2. The van der Waals surface area contributed by atoms with Crippen molar-refractivity contribution in [1.29, 1.82) is 0 Å². The minimum absolute atomic E-state index is 0.102. The average Bonchev–Trinajstić information content (AvgIpc) is 2.67. The van der Waals surface area contributed by atoms with Crippen molar-refractivity contribution in [2.24, 2.45) is 0 Å². The Morgan fingerprint density at radius 2 is 1.89 bits per heavy atom. The topological polar surface area (TPSA) is 73.5 Å². The van der Waals surface area contributed by atoms with Crippen LogP contribution in [-0.4, -0.2) is 44.5 Å². The predicted octanol–water partition coefficient (Wildman–Crippen LogP) is 2.26. The number of hydrogen-bond acceptors (Lipinski definition) is 4. The summed E-state index contributed by atoms with van der Waals surface area (Å²) in [6.45, 7) is 3.06. The van der Waals surface area contributed by atoms with Crippen LogP contribution in [0.1, 0.15) is 10.4 Å². The number of amides is 2. The molecule has 1 fully saturated rings. The molecule has 1 aliphatic rings. The summed E-state index contributed by atoms with van der Waals surface area (Å²) in [4.78, 5) is 26.5. The fourth-order valence-electron chi connectivity index (χ4n) is 2.89. The van der Waals surface area contributed by atoms with Crippen LogP contribution in [0.2, 0.25) is 5.02 Å². The van der Waals surface area contributed by atoms with Gasteiger partial charge in [-0.2, -0.15) is 0 Å². The van der Waals surface area contributed by atoms with E-state index in [1.807, 2.05) is 6.07 Å². The second-order valence-corrected chi connectivity index (χ2v) is 6.55. The molecule has 27 heavy (non-hydrogen) atoms. The van der Waals surface area contributed by atoms with Gasteiger partial charge in [-0.1, -0.05) is 23.7 Å². The molecule has 0 bridgehead atoms. The van der Waals surface area contributed by atoms with E-state index in [1.54, 1.807) is 18.2 Å². The first-order chi connectivity index (χ1) is 13.0. The molecule has 0 saturated carbocycles. The first kappa shape index (κ1) is 19.1. The number of halogens is 2. The van der Waals surface area contributed by atoms with Crippen molar-refractivity contribution < 1.29 is 14.0 Å². The molecule has 0 spiro atoms. The van der Waals surface area contributed by atoms with Gasteiger partial charge in [0.05, 0.1) is 23.5 Å². The third-order valence-electron chi connectivity index (χ3n) is 4.22. The Labute approximate surface area is 161 Å². The van der Waals surface area contributed by atoms with Crippen LogP contribution >= 0.6 is 11.6 Å². The van der Waals surface area contributed by atoms with Gasteiger partial charge in [0.2, 0.25) is 5.91 Å². The number of carbonyl (C=O) groups excluding carboxylic acids is 2. The molecule has 1 heterocycles. The Balaban J connectivity index is 1.64. The van der Waals surface area contributed by atoms with Crippen LogP contribution < -0.4 is 20.9 Å². The molecule has 2 amide bonds. The maximum Gasteiger partial charge on any atom is 0.254 e. The molecule has 1 aliphatic heterocycles. The monoisotopic (exact) mass is 390 g/mol. The Kier molecular flexibility index (Phi) is 6.26. The molecular formula is C19H20ClFN4O2. The van der Waals surface area contributed by atoms with Gasteiger partial charge in [-0.05, 0) is 30.3 Å². The van der Waals surface area contributed by atoms with Crippen molar-refractivity contribution >= 4 is 34.8 Å². The predicted molar refractivity (Wildman–Crippen MR) is 104 cm³/mol. The summed E-state index contributed by atoms with van der Waals surface area (Å²) in [5.41, 5.74) is 1.35. The van der Waals surface area contributed by atoms with E-state index >= 15 is 0 Å². The average molecular weight is 391 g/mol. The summed E-state index contributed by atoms with van der Waals surface area (Å²) in [6.07, 6.45) is 0. The summed E-state index contributed by atoms with van der Waals surface area (Å²) >= 11 is 6.07. The van der Waals surface area contributed by atoms with Gasteiger partial charge in [0.25, 0.3) is 5.91 Å². The molecular weight excluding hydrogens is 371 g/mol. The third-order valence-corrected chi connectivity index (χ3v) is 4.45. The highest BCUT2D eigenvalue weighted by molar-refractivity contribution is 6.31. The lowest BCUT2D eigenvalue weighted by molar-refractivity contribution is -0.115. The van der Waals surface area contributed by atoms with Crippen molar-refractivity contribution in [3.63, 3.8) is 0 Å². The first-order valence-electron chi connectivity index (χ1n) is 8.62. The van der Waals surface area contributed by atoms with E-state index in [4.69, 9.17) is 11.6 Å². The number of rotatable bonds is 5. The fourth-order valence-corrected chi connectivity index (χ4v) is 3.06. The molecule has 0 unspecified atom stereocenters. The number of benzene rings is 2. The van der Waals surface area contributed by atoms with Crippen molar-refractivity contribution in [1.82, 2.24) is 10.6 Å². The highest BCUT2D eigenvalue weighted by Crippen LogP contribution is 2.29. The lowest BCUT2D eigenvalue weighted by Crippen LogP contribution is -2.44. The molecule has 2 aromatic rings. The summed E-state index contributed by atoms with van der Waals surface area (Å²) in [6, 6.07) is 10.9. The third kappa shape index (κ3) is 4.96. The Morgan fingerprint density at radius 3 is 2.63 bits per heavy atom. The standard InChI is InChI=1S/C19H20ClFN4O2/c20-13-5-6-17(25-9-7-22-8-10-25)16(11-13)24-18(26)12-23-19(27)14-3-1-2-4-15(14)21/h1-6,11,22H,7-10,12H2,(H,23,27)(H,24,26). The number of nitrogens with zero attached hydrogens (tertiary/aromatic N) is 1. The minimum atomic E-state index is -0.642. The van der Waals surface area contributed by atoms with Gasteiger partial charge in [0.1, 0.15) is 5.82 Å². The van der Waals surface area contributed by atoms with Crippen LogP contribution in [0.4, 0.5) is 15.8 Å². The van der Waals surface area contributed by atoms with Gasteiger partial charge in [-0.15, -0.1) is 0 Å². The van der Waals surface area contributed by atoms with Crippen molar-refractivity contribution in [2.75, 3.05) is 42.9 Å². The molecule has 3 rings (SSSR count). The zero-order valence-corrected chi connectivity index (χ0v) is 15.4. The first-order valence-corrected chi connectivity index (χ1v) is 9.00. The zero-order valence-electron chi connectivity index (χ0n) is 14.6. The molecule has 0 atom stereocenters. The van der Waals surface area contributed by atoms with Gasteiger partial charge in [0, 0.05) is 31.2 Å². The highest BCUT2D eigenvalue weighted by Gasteiger charge is 2.17. The largest absolute Gasteiger partial charge is 0.367 e. The minimum Gasteiger partial charge on any atom is -0.367 e. The molecule has 1 saturated heterocycles. The molecule has 0 aromatic heterocycles. The van der Waals surface area contributed by atoms with E-state index in [2.05, 4.69) is 20.9 Å².